The monoisotopic (exact) mass is 336 g/mol. The Balaban J connectivity index is 1.71. The Bertz CT molecular complexity index is 783. The molecule has 0 radical (unpaired) electrons. The van der Waals surface area contributed by atoms with Gasteiger partial charge >= 0.3 is 0 Å². The van der Waals surface area contributed by atoms with Crippen LogP contribution < -0.4 is 5.32 Å². The van der Waals surface area contributed by atoms with Gasteiger partial charge in [-0.05, 0) is 30.3 Å². The molecule has 0 aliphatic heterocycles. The summed E-state index contributed by atoms with van der Waals surface area (Å²) in [6.45, 7) is 0.387. The van der Waals surface area contributed by atoms with Gasteiger partial charge in [0.05, 0.1) is 26.8 Å². The molecule has 0 atom stereocenters. The van der Waals surface area contributed by atoms with E-state index in [0.29, 0.717) is 22.2 Å². The molecular weight excluding hydrogens is 327 g/mol. The number of carbonyl (C=O) groups is 1. The van der Waals surface area contributed by atoms with Crippen molar-refractivity contribution in [3.8, 4) is 0 Å². The highest BCUT2D eigenvalue weighted by atomic mass is 35.5. The van der Waals surface area contributed by atoms with Gasteiger partial charge in [0.15, 0.2) is 0 Å². The third kappa shape index (κ3) is 3.18. The van der Waals surface area contributed by atoms with Crippen LogP contribution in [0.5, 0.6) is 0 Å². The van der Waals surface area contributed by atoms with Gasteiger partial charge in [0, 0.05) is 5.56 Å². The van der Waals surface area contributed by atoms with Gasteiger partial charge in [-0.3, -0.25) is 4.79 Å². The molecule has 106 valence electrons. The van der Waals surface area contributed by atoms with Crippen LogP contribution in [0.25, 0.3) is 10.2 Å². The number of carbonyl (C=O) groups excluding carboxylic acids is 1. The van der Waals surface area contributed by atoms with Crippen molar-refractivity contribution >= 4 is 50.7 Å². The molecule has 0 bridgehead atoms. The fourth-order valence-electron chi connectivity index (χ4n) is 1.89. The summed E-state index contributed by atoms with van der Waals surface area (Å²) in [4.78, 5) is 16.5. The van der Waals surface area contributed by atoms with E-state index < -0.39 is 0 Å². The molecule has 1 amide bonds. The summed E-state index contributed by atoms with van der Waals surface area (Å²) >= 11 is 13.3. The van der Waals surface area contributed by atoms with Gasteiger partial charge in [-0.25, -0.2) is 4.98 Å². The van der Waals surface area contributed by atoms with Crippen LogP contribution in [-0.2, 0) is 6.54 Å². The van der Waals surface area contributed by atoms with Gasteiger partial charge in [-0.2, -0.15) is 0 Å². The second kappa shape index (κ2) is 6.02. The third-order valence-electron chi connectivity index (χ3n) is 2.92. The van der Waals surface area contributed by atoms with Crippen molar-refractivity contribution in [2.75, 3.05) is 0 Å². The standard InChI is InChI=1S/C15H10Cl2N2OS/c16-10-6-5-9(7-11(10)17)15(20)18-8-14-19-12-3-1-2-4-13(12)21-14/h1-7H,8H2,(H,18,20). The smallest absolute Gasteiger partial charge is 0.251 e. The van der Waals surface area contributed by atoms with E-state index in [9.17, 15) is 4.79 Å². The van der Waals surface area contributed by atoms with Crippen molar-refractivity contribution in [2.45, 2.75) is 6.54 Å². The molecule has 3 aromatic rings. The van der Waals surface area contributed by atoms with Crippen molar-refractivity contribution in [1.29, 1.82) is 0 Å². The second-order valence-corrected chi connectivity index (χ2v) is 6.32. The Labute approximate surface area is 135 Å². The minimum Gasteiger partial charge on any atom is -0.346 e. The number of fused-ring (bicyclic) bond motifs is 1. The average molecular weight is 337 g/mol. The van der Waals surface area contributed by atoms with Crippen LogP contribution in [0, 0.1) is 0 Å². The minimum absolute atomic E-state index is 0.201. The number of nitrogens with zero attached hydrogens (tertiary/aromatic N) is 1. The number of nitrogens with one attached hydrogen (secondary N) is 1. The lowest BCUT2D eigenvalue weighted by Crippen LogP contribution is -2.22. The van der Waals surface area contributed by atoms with Crippen molar-refractivity contribution in [2.24, 2.45) is 0 Å². The molecule has 0 unspecified atom stereocenters. The van der Waals surface area contributed by atoms with Crippen LogP contribution >= 0.6 is 34.5 Å². The Morgan fingerprint density at radius 3 is 2.71 bits per heavy atom. The maximum Gasteiger partial charge on any atom is 0.251 e. The number of thiazole rings is 1. The fraction of sp³-hybridized carbons (Fsp3) is 0.0667. The molecule has 21 heavy (non-hydrogen) atoms. The highest BCUT2D eigenvalue weighted by molar-refractivity contribution is 7.18. The van der Waals surface area contributed by atoms with Crippen molar-refractivity contribution in [3.05, 3.63) is 63.1 Å². The molecule has 2 aromatic carbocycles. The van der Waals surface area contributed by atoms with E-state index in [-0.39, 0.29) is 5.91 Å². The van der Waals surface area contributed by atoms with Crippen LogP contribution in [0.2, 0.25) is 10.0 Å². The first-order valence-electron chi connectivity index (χ1n) is 6.21. The van der Waals surface area contributed by atoms with E-state index in [1.54, 1.807) is 29.5 Å². The van der Waals surface area contributed by atoms with E-state index in [2.05, 4.69) is 10.3 Å². The molecular formula is C15H10Cl2N2OS. The number of halogens is 2. The Hall–Kier alpha value is -1.62. The summed E-state index contributed by atoms with van der Waals surface area (Å²) in [5.74, 6) is -0.201. The molecule has 3 rings (SSSR count). The first kappa shape index (κ1) is 14.3. The predicted octanol–water partition coefficient (Wildman–Crippen LogP) is 4.53. The summed E-state index contributed by atoms with van der Waals surface area (Å²) < 4.78 is 1.11. The summed E-state index contributed by atoms with van der Waals surface area (Å²) in [5.41, 5.74) is 1.42. The number of rotatable bonds is 3. The summed E-state index contributed by atoms with van der Waals surface area (Å²) in [5, 5.41) is 4.49. The molecule has 0 spiro atoms. The Morgan fingerprint density at radius 2 is 1.95 bits per heavy atom. The lowest BCUT2D eigenvalue weighted by atomic mass is 10.2. The average Bonchev–Trinajstić information content (AvgIpc) is 2.90. The number of para-hydroxylation sites is 1. The number of hydrogen-bond acceptors (Lipinski definition) is 3. The van der Waals surface area contributed by atoms with Gasteiger partial charge in [-0.1, -0.05) is 35.3 Å². The van der Waals surface area contributed by atoms with Crippen LogP contribution in [0.1, 0.15) is 15.4 Å². The molecule has 1 N–H and O–H groups in total. The van der Waals surface area contributed by atoms with Crippen LogP contribution in [0.3, 0.4) is 0 Å². The maximum absolute atomic E-state index is 12.1. The molecule has 1 aromatic heterocycles. The van der Waals surface area contributed by atoms with Gasteiger partial charge in [0.1, 0.15) is 5.01 Å². The van der Waals surface area contributed by atoms with Crippen molar-refractivity contribution in [1.82, 2.24) is 10.3 Å². The molecule has 0 saturated carbocycles. The summed E-state index contributed by atoms with van der Waals surface area (Å²) in [6, 6.07) is 12.7. The quantitative estimate of drug-likeness (QED) is 0.763. The van der Waals surface area contributed by atoms with E-state index in [1.807, 2.05) is 24.3 Å². The van der Waals surface area contributed by atoms with Crippen LogP contribution in [0.4, 0.5) is 0 Å². The first-order valence-corrected chi connectivity index (χ1v) is 7.78. The fourth-order valence-corrected chi connectivity index (χ4v) is 3.10. The second-order valence-electron chi connectivity index (χ2n) is 4.39. The van der Waals surface area contributed by atoms with Gasteiger partial charge < -0.3 is 5.32 Å². The molecule has 0 saturated heterocycles. The Morgan fingerprint density at radius 1 is 1.14 bits per heavy atom. The van der Waals surface area contributed by atoms with Crippen molar-refractivity contribution < 1.29 is 4.79 Å². The third-order valence-corrected chi connectivity index (χ3v) is 4.70. The maximum atomic E-state index is 12.1. The number of benzene rings is 2. The molecule has 1 heterocycles. The normalized spacial score (nSPS) is 10.8. The van der Waals surface area contributed by atoms with Crippen LogP contribution in [0.15, 0.2) is 42.5 Å². The zero-order valence-corrected chi connectivity index (χ0v) is 13.1. The molecule has 0 fully saturated rings. The largest absolute Gasteiger partial charge is 0.346 e. The lowest BCUT2D eigenvalue weighted by Gasteiger charge is -2.04. The van der Waals surface area contributed by atoms with E-state index in [4.69, 9.17) is 23.2 Å². The number of amides is 1. The highest BCUT2D eigenvalue weighted by Crippen LogP contribution is 2.23. The Kier molecular flexibility index (Phi) is 4.10. The van der Waals surface area contributed by atoms with Gasteiger partial charge in [-0.15, -0.1) is 11.3 Å². The number of hydrogen-bond donors (Lipinski definition) is 1. The van der Waals surface area contributed by atoms with Gasteiger partial charge in [0.25, 0.3) is 5.91 Å². The topological polar surface area (TPSA) is 42.0 Å². The first-order chi connectivity index (χ1) is 10.1. The zero-order valence-electron chi connectivity index (χ0n) is 10.8. The highest BCUT2D eigenvalue weighted by Gasteiger charge is 2.09. The lowest BCUT2D eigenvalue weighted by molar-refractivity contribution is 0.0951. The summed E-state index contributed by atoms with van der Waals surface area (Å²) in [7, 11) is 0. The summed E-state index contributed by atoms with van der Waals surface area (Å²) in [6.07, 6.45) is 0. The molecule has 6 heteroatoms. The molecule has 0 aliphatic carbocycles. The SMILES string of the molecule is O=C(NCc1nc2ccccc2s1)c1ccc(Cl)c(Cl)c1. The molecule has 3 nitrogen and oxygen atoms in total. The number of aromatic nitrogens is 1. The molecule has 0 aliphatic rings. The zero-order chi connectivity index (χ0) is 14.8. The predicted molar refractivity (Wildman–Crippen MR) is 87.3 cm³/mol. The van der Waals surface area contributed by atoms with Crippen LogP contribution in [-0.4, -0.2) is 10.9 Å². The minimum atomic E-state index is -0.201. The van der Waals surface area contributed by atoms with Crippen molar-refractivity contribution in [3.63, 3.8) is 0 Å². The van der Waals surface area contributed by atoms with E-state index in [1.165, 1.54) is 0 Å². The van der Waals surface area contributed by atoms with E-state index >= 15 is 0 Å². The van der Waals surface area contributed by atoms with E-state index in [0.717, 1.165) is 15.2 Å². The van der Waals surface area contributed by atoms with Gasteiger partial charge in [0.2, 0.25) is 0 Å².